The van der Waals surface area contributed by atoms with Gasteiger partial charge in [0.2, 0.25) is 5.91 Å². The molecule has 9 nitrogen and oxygen atoms in total. The van der Waals surface area contributed by atoms with Crippen molar-refractivity contribution in [3.8, 4) is 5.75 Å². The van der Waals surface area contributed by atoms with Crippen LogP contribution in [-0.4, -0.2) is 66.2 Å². The molecule has 2 amide bonds. The summed E-state index contributed by atoms with van der Waals surface area (Å²) in [4.78, 5) is 33.0. The van der Waals surface area contributed by atoms with Crippen LogP contribution in [0.15, 0.2) is 60.8 Å². The van der Waals surface area contributed by atoms with Crippen LogP contribution in [0.4, 0.5) is 4.79 Å². The molecule has 222 valence electrons. The second kappa shape index (κ2) is 14.8. The number of carbonyl (C=O) groups is 2. The van der Waals surface area contributed by atoms with Gasteiger partial charge in [-0.25, -0.2) is 4.79 Å². The first-order valence-electron chi connectivity index (χ1n) is 14.0. The lowest BCUT2D eigenvalue weighted by Crippen LogP contribution is -2.55. The molecule has 3 rings (SSSR count). The largest absolute Gasteiger partial charge is 0.488 e. The minimum Gasteiger partial charge on any atom is -0.488 e. The van der Waals surface area contributed by atoms with E-state index in [1.807, 2.05) is 96.1 Å². The highest BCUT2D eigenvalue weighted by molar-refractivity contribution is 5.87. The Morgan fingerprint density at radius 3 is 2.24 bits per heavy atom. The van der Waals surface area contributed by atoms with Gasteiger partial charge in [-0.15, -0.1) is 0 Å². The second-order valence-electron chi connectivity index (χ2n) is 10.7. The van der Waals surface area contributed by atoms with Crippen molar-refractivity contribution in [1.82, 2.24) is 15.2 Å². The van der Waals surface area contributed by atoms with Crippen LogP contribution < -0.4 is 10.1 Å². The summed E-state index contributed by atoms with van der Waals surface area (Å²) in [6.45, 7) is 12.7. The summed E-state index contributed by atoms with van der Waals surface area (Å²) in [7, 11) is 1.28. The number of alkyl carbamates (subject to hydrolysis) is 1. The molecule has 0 spiro atoms. The highest BCUT2D eigenvalue weighted by atomic mass is 16.7. The third-order valence-electron chi connectivity index (χ3n) is 6.45. The highest BCUT2D eigenvalue weighted by Gasteiger charge is 2.34. The number of methoxy groups -OCH3 is 1. The predicted octanol–water partition coefficient (Wildman–Crippen LogP) is 5.50. The van der Waals surface area contributed by atoms with Crippen LogP contribution in [0.1, 0.15) is 52.7 Å². The van der Waals surface area contributed by atoms with Crippen LogP contribution >= 0.6 is 0 Å². The molecule has 0 aliphatic rings. The van der Waals surface area contributed by atoms with Crippen LogP contribution in [0.5, 0.6) is 5.75 Å². The zero-order valence-corrected chi connectivity index (χ0v) is 25.2. The molecule has 0 unspecified atom stereocenters. The van der Waals surface area contributed by atoms with E-state index in [9.17, 15) is 9.59 Å². The average Bonchev–Trinajstić information content (AvgIpc) is 2.95. The third-order valence-corrected chi connectivity index (χ3v) is 6.45. The number of aromatic nitrogens is 1. The Bertz CT molecular complexity index is 1260. The lowest BCUT2D eigenvalue weighted by molar-refractivity contribution is -0.179. The van der Waals surface area contributed by atoms with Crippen LogP contribution in [0.3, 0.4) is 0 Å². The van der Waals surface area contributed by atoms with Crippen molar-refractivity contribution in [2.75, 3.05) is 20.3 Å². The Kier molecular flexibility index (Phi) is 11.5. The molecule has 0 aliphatic carbocycles. The van der Waals surface area contributed by atoms with Gasteiger partial charge in [-0.2, -0.15) is 0 Å². The van der Waals surface area contributed by atoms with Gasteiger partial charge in [0, 0.05) is 37.8 Å². The number of para-hydroxylation sites is 1. The maximum absolute atomic E-state index is 14.3. The van der Waals surface area contributed by atoms with E-state index >= 15 is 0 Å². The number of hydrogen-bond donors (Lipinski definition) is 1. The van der Waals surface area contributed by atoms with Crippen molar-refractivity contribution in [2.24, 2.45) is 0 Å². The highest BCUT2D eigenvalue weighted by Crippen LogP contribution is 2.23. The van der Waals surface area contributed by atoms with Gasteiger partial charge < -0.3 is 29.2 Å². The molecule has 0 aliphatic heterocycles. The van der Waals surface area contributed by atoms with E-state index in [-0.39, 0.29) is 24.5 Å². The van der Waals surface area contributed by atoms with Gasteiger partial charge in [0.1, 0.15) is 17.4 Å². The number of benzene rings is 2. The minimum atomic E-state index is -0.911. The first-order chi connectivity index (χ1) is 19.6. The number of amides is 2. The molecule has 0 saturated carbocycles. The fourth-order valence-electron chi connectivity index (χ4n) is 4.59. The summed E-state index contributed by atoms with van der Waals surface area (Å²) in [5.41, 5.74) is 2.19. The molecule has 9 heteroatoms. The molecule has 41 heavy (non-hydrogen) atoms. The summed E-state index contributed by atoms with van der Waals surface area (Å²) in [5, 5.41) is 3.72. The number of pyridine rings is 1. The second-order valence-corrected chi connectivity index (χ2v) is 10.7. The van der Waals surface area contributed by atoms with Gasteiger partial charge in [-0.05, 0) is 70.9 Å². The quantitative estimate of drug-likeness (QED) is 0.273. The summed E-state index contributed by atoms with van der Waals surface area (Å²) >= 11 is 0. The molecule has 0 radical (unpaired) electrons. The van der Waals surface area contributed by atoms with Crippen LogP contribution in [0.25, 0.3) is 10.9 Å². The number of ether oxygens (including phenoxy) is 4. The van der Waals surface area contributed by atoms with E-state index in [1.165, 1.54) is 7.11 Å². The fourth-order valence-corrected chi connectivity index (χ4v) is 4.59. The molecule has 2 atom stereocenters. The Morgan fingerprint density at radius 1 is 0.976 bits per heavy atom. The van der Waals surface area contributed by atoms with E-state index in [4.69, 9.17) is 18.9 Å². The number of nitrogens with zero attached hydrogens (tertiary/aromatic N) is 2. The maximum Gasteiger partial charge on any atom is 0.407 e. The number of nitrogens with one attached hydrogen (secondary N) is 1. The van der Waals surface area contributed by atoms with E-state index in [2.05, 4.69) is 10.3 Å². The van der Waals surface area contributed by atoms with E-state index in [1.54, 1.807) is 11.1 Å². The SMILES string of the molecule is CCOC(OCC)[C@H](C)N(Cc1cccc2cccnc12)C(=O)[C@H](Cc1ccc(OC(C)(C)C)cc1)NC(=O)OC. The molecule has 0 bridgehead atoms. The van der Waals surface area contributed by atoms with Crippen LogP contribution in [0, 0.1) is 0 Å². The van der Waals surface area contributed by atoms with Crippen molar-refractivity contribution < 1.29 is 28.5 Å². The summed E-state index contributed by atoms with van der Waals surface area (Å²) in [6, 6.07) is 15.9. The summed E-state index contributed by atoms with van der Waals surface area (Å²) in [6.07, 6.45) is 0.625. The van der Waals surface area contributed by atoms with Gasteiger partial charge in [0.15, 0.2) is 6.29 Å². The molecule has 1 heterocycles. The third kappa shape index (κ3) is 9.16. The molecular formula is C32H43N3O6. The molecule has 0 saturated heterocycles. The van der Waals surface area contributed by atoms with Gasteiger partial charge in [0.25, 0.3) is 0 Å². The van der Waals surface area contributed by atoms with E-state index in [0.29, 0.717) is 13.2 Å². The maximum atomic E-state index is 14.3. The van der Waals surface area contributed by atoms with Gasteiger partial charge in [-0.3, -0.25) is 9.78 Å². The number of carbonyl (C=O) groups excluding carboxylic acids is 2. The smallest absolute Gasteiger partial charge is 0.407 e. The van der Waals surface area contributed by atoms with Crippen molar-refractivity contribution in [3.05, 3.63) is 71.9 Å². The van der Waals surface area contributed by atoms with Crippen LogP contribution in [0.2, 0.25) is 0 Å². The van der Waals surface area contributed by atoms with Crippen molar-refractivity contribution >= 4 is 22.9 Å². The number of fused-ring (bicyclic) bond motifs is 1. The van der Waals surface area contributed by atoms with Gasteiger partial charge in [0.05, 0.1) is 18.7 Å². The normalized spacial score (nSPS) is 13.1. The Labute approximate surface area is 243 Å². The topological polar surface area (TPSA) is 99.2 Å². The molecule has 1 aromatic heterocycles. The van der Waals surface area contributed by atoms with Gasteiger partial charge in [-0.1, -0.05) is 36.4 Å². The van der Waals surface area contributed by atoms with Crippen molar-refractivity contribution in [1.29, 1.82) is 0 Å². The predicted molar refractivity (Wildman–Crippen MR) is 159 cm³/mol. The Balaban J connectivity index is 1.98. The molecular weight excluding hydrogens is 522 g/mol. The fraction of sp³-hybridized carbons (Fsp3) is 0.469. The lowest BCUT2D eigenvalue weighted by Gasteiger charge is -2.36. The standard InChI is InChI=1S/C32H43N3O6/c1-8-39-30(40-9-2)22(3)35(21-25-13-10-12-24-14-11-19-33-28(24)25)29(36)27(34-31(37)38-7)20-23-15-17-26(18-16-23)41-32(4,5)6/h10-19,22,27,30H,8-9,20-21H2,1-7H3,(H,34,37)/t22-,27-/m0/s1. The monoisotopic (exact) mass is 565 g/mol. The molecule has 0 fully saturated rings. The lowest BCUT2D eigenvalue weighted by atomic mass is 10.0. The zero-order valence-electron chi connectivity index (χ0n) is 25.2. The van der Waals surface area contributed by atoms with Crippen LogP contribution in [-0.2, 0) is 32.0 Å². The van der Waals surface area contributed by atoms with E-state index < -0.39 is 24.5 Å². The summed E-state index contributed by atoms with van der Waals surface area (Å²) in [5.74, 6) is 0.426. The molecule has 2 aromatic carbocycles. The number of hydrogen-bond acceptors (Lipinski definition) is 7. The average molecular weight is 566 g/mol. The Hall–Kier alpha value is -3.69. The van der Waals surface area contributed by atoms with Crippen molar-refractivity contribution in [2.45, 2.75) is 78.5 Å². The molecule has 3 aromatic rings. The van der Waals surface area contributed by atoms with Gasteiger partial charge >= 0.3 is 6.09 Å². The molecule has 1 N–H and O–H groups in total. The van der Waals surface area contributed by atoms with Crippen molar-refractivity contribution in [3.63, 3.8) is 0 Å². The summed E-state index contributed by atoms with van der Waals surface area (Å²) < 4.78 is 22.6. The first kappa shape index (κ1) is 31.8. The number of rotatable bonds is 13. The Morgan fingerprint density at radius 2 is 1.63 bits per heavy atom. The first-order valence-corrected chi connectivity index (χ1v) is 14.0. The zero-order chi connectivity index (χ0) is 30.0. The van der Waals surface area contributed by atoms with E-state index in [0.717, 1.165) is 27.8 Å². The minimum absolute atomic E-state index is 0.239.